The summed E-state index contributed by atoms with van der Waals surface area (Å²) in [5, 5.41) is 71.0. The van der Waals surface area contributed by atoms with Crippen LogP contribution in [0.15, 0.2) is 18.2 Å². The van der Waals surface area contributed by atoms with Gasteiger partial charge in [-0.15, -0.1) is 0 Å². The summed E-state index contributed by atoms with van der Waals surface area (Å²) in [7, 11) is 0. The highest BCUT2D eigenvalue weighted by Gasteiger charge is 2.40. The average Bonchev–Trinajstić information content (AvgIpc) is 3.05. The number of rotatable bonds is 18. The Labute approximate surface area is 263 Å². The van der Waals surface area contributed by atoms with Crippen LogP contribution in [0.3, 0.4) is 0 Å². The zero-order chi connectivity index (χ0) is 33.1. The van der Waals surface area contributed by atoms with Gasteiger partial charge in [0.1, 0.15) is 0 Å². The molecule has 45 heavy (non-hydrogen) atoms. The summed E-state index contributed by atoms with van der Waals surface area (Å²) < 4.78 is 0. The molecule has 0 aromatic carbocycles. The molecule has 256 valence electrons. The lowest BCUT2D eigenvalue weighted by Crippen LogP contribution is -2.52. The van der Waals surface area contributed by atoms with Crippen molar-refractivity contribution in [2.75, 3.05) is 72.2 Å². The number of fused-ring (bicyclic) bond motifs is 2. The van der Waals surface area contributed by atoms with Crippen LogP contribution in [0.2, 0.25) is 0 Å². The van der Waals surface area contributed by atoms with E-state index in [2.05, 4.69) is 26.6 Å². The van der Waals surface area contributed by atoms with E-state index in [1.165, 1.54) is 0 Å². The third kappa shape index (κ3) is 14.0. The van der Waals surface area contributed by atoms with Gasteiger partial charge in [0.05, 0.1) is 55.1 Å². The topological polar surface area (TPSA) is 249 Å². The summed E-state index contributed by atoms with van der Waals surface area (Å²) in [6.45, 7) is 1.13. The Hall–Kier alpha value is -2.80. The summed E-state index contributed by atoms with van der Waals surface area (Å²) in [5.74, 6) is -1.11. The molecule has 16 nitrogen and oxygen atoms in total. The number of amides is 3. The maximum absolute atomic E-state index is 12.9. The first-order chi connectivity index (χ1) is 21.6. The van der Waals surface area contributed by atoms with Gasteiger partial charge >= 0.3 is 0 Å². The highest BCUT2D eigenvalue weighted by atomic mass is 16.3. The first-order valence-corrected chi connectivity index (χ1v) is 15.4. The van der Waals surface area contributed by atoms with Crippen LogP contribution in [0.4, 0.5) is 0 Å². The van der Waals surface area contributed by atoms with Gasteiger partial charge in [-0.25, -0.2) is 0 Å². The number of aliphatic hydroxyl groups is 6. The van der Waals surface area contributed by atoms with Crippen molar-refractivity contribution >= 4 is 17.7 Å². The number of nitrogens with zero attached hydrogens (tertiary/aromatic N) is 2. The van der Waals surface area contributed by atoms with E-state index in [1.807, 2.05) is 23.1 Å². The lowest BCUT2D eigenvalue weighted by molar-refractivity contribution is -0.125. The number of carbonyl (C=O) groups excluding carboxylic acids is 3. The van der Waals surface area contributed by atoms with Crippen molar-refractivity contribution in [1.82, 2.24) is 36.5 Å². The first-order valence-electron chi connectivity index (χ1n) is 15.4. The van der Waals surface area contributed by atoms with Gasteiger partial charge in [-0.3, -0.25) is 24.3 Å². The molecule has 0 radical (unpaired) electrons. The van der Waals surface area contributed by atoms with E-state index in [4.69, 9.17) is 20.3 Å². The van der Waals surface area contributed by atoms with Crippen LogP contribution in [0.5, 0.6) is 0 Å². The second-order valence-electron chi connectivity index (χ2n) is 11.1. The zero-order valence-corrected chi connectivity index (χ0v) is 25.8. The summed E-state index contributed by atoms with van der Waals surface area (Å²) in [5.41, 5.74) is 0.325. The Bertz CT molecular complexity index is 1010. The molecule has 1 aliphatic rings. The monoisotopic (exact) mass is 641 g/mol. The number of aromatic nitrogens is 1. The molecule has 2 bridgehead atoms. The van der Waals surface area contributed by atoms with Gasteiger partial charge in [0.25, 0.3) is 0 Å². The van der Waals surface area contributed by atoms with Crippen molar-refractivity contribution in [2.24, 2.45) is 0 Å². The summed E-state index contributed by atoms with van der Waals surface area (Å²) in [4.78, 5) is 45.6. The molecule has 11 N–H and O–H groups in total. The van der Waals surface area contributed by atoms with Crippen molar-refractivity contribution in [3.05, 3.63) is 29.6 Å². The van der Waals surface area contributed by atoms with Crippen LogP contribution < -0.4 is 26.6 Å². The van der Waals surface area contributed by atoms with Gasteiger partial charge in [0, 0.05) is 78.2 Å². The molecule has 0 unspecified atom stereocenters. The molecular weight excluding hydrogens is 590 g/mol. The van der Waals surface area contributed by atoms with Gasteiger partial charge in [-0.05, 0) is 25.0 Å². The number of pyridine rings is 1. The zero-order valence-electron chi connectivity index (χ0n) is 25.8. The largest absolute Gasteiger partial charge is 0.394 e. The standard InChI is InChI=1S/C29H51N7O9/c37-18-22(40)15-32-26(43)4-7-29(8-5-27(44)33-16-23(41)19-38)25-3-1-2-21(35-25)14-31-10-9-30-11-13-36(29)12-6-28(45)34-17-24(42)20-39/h1-3,22-24,30-31,37-42H,4-20H2,(H,32,43)(H,33,44)(H,34,45)/t22-,23-,24-/m1/s1. The van der Waals surface area contributed by atoms with Crippen molar-refractivity contribution < 1.29 is 45.0 Å². The quantitative estimate of drug-likeness (QED) is 0.0726. The average molecular weight is 642 g/mol. The normalized spacial score (nSPS) is 17.6. The van der Waals surface area contributed by atoms with Crippen LogP contribution in [-0.4, -0.2) is 149 Å². The highest BCUT2D eigenvalue weighted by Crippen LogP contribution is 2.37. The fraction of sp³-hybridized carbons (Fsp3) is 0.724. The third-order valence-corrected chi connectivity index (χ3v) is 7.61. The van der Waals surface area contributed by atoms with E-state index in [-0.39, 0.29) is 76.0 Å². The highest BCUT2D eigenvalue weighted by molar-refractivity contribution is 5.77. The van der Waals surface area contributed by atoms with E-state index in [1.54, 1.807) is 0 Å². The van der Waals surface area contributed by atoms with Crippen molar-refractivity contribution in [3.63, 3.8) is 0 Å². The molecule has 0 aliphatic carbocycles. The Morgan fingerprint density at radius 3 is 1.82 bits per heavy atom. The summed E-state index contributed by atoms with van der Waals surface area (Å²) in [6.07, 6.45) is -2.96. The number of carbonyl (C=O) groups is 3. The molecule has 3 amide bonds. The van der Waals surface area contributed by atoms with E-state index < -0.39 is 43.7 Å². The molecule has 0 saturated heterocycles. The van der Waals surface area contributed by atoms with Crippen LogP contribution >= 0.6 is 0 Å². The van der Waals surface area contributed by atoms with E-state index in [0.717, 1.165) is 5.69 Å². The fourth-order valence-electron chi connectivity index (χ4n) is 5.00. The molecule has 0 spiro atoms. The van der Waals surface area contributed by atoms with E-state index in [9.17, 15) is 29.7 Å². The van der Waals surface area contributed by atoms with Crippen LogP contribution in [0, 0.1) is 0 Å². The molecule has 2 rings (SSSR count). The van der Waals surface area contributed by atoms with Crippen LogP contribution in [0.25, 0.3) is 0 Å². The van der Waals surface area contributed by atoms with Crippen molar-refractivity contribution in [2.45, 2.75) is 62.5 Å². The molecule has 3 atom stereocenters. The number of nitrogens with one attached hydrogen (secondary N) is 5. The van der Waals surface area contributed by atoms with E-state index in [0.29, 0.717) is 38.4 Å². The Morgan fingerprint density at radius 1 is 0.778 bits per heavy atom. The maximum atomic E-state index is 12.9. The molecule has 0 saturated carbocycles. The molecule has 0 fully saturated rings. The Balaban J connectivity index is 2.48. The Kier molecular flexibility index (Phi) is 18.0. The van der Waals surface area contributed by atoms with Gasteiger partial charge in [-0.1, -0.05) is 6.07 Å². The van der Waals surface area contributed by atoms with Crippen LogP contribution in [-0.2, 0) is 26.5 Å². The smallest absolute Gasteiger partial charge is 0.221 e. The lowest BCUT2D eigenvalue weighted by Gasteiger charge is -2.44. The van der Waals surface area contributed by atoms with Crippen molar-refractivity contribution in [3.8, 4) is 0 Å². The van der Waals surface area contributed by atoms with E-state index >= 15 is 0 Å². The maximum Gasteiger partial charge on any atom is 0.221 e. The molecule has 2 heterocycles. The second kappa shape index (κ2) is 21.1. The third-order valence-electron chi connectivity index (χ3n) is 7.61. The molecule has 1 aromatic rings. The lowest BCUT2D eigenvalue weighted by atomic mass is 9.81. The summed E-state index contributed by atoms with van der Waals surface area (Å²) in [6, 6.07) is 5.56. The Morgan fingerprint density at radius 2 is 1.29 bits per heavy atom. The van der Waals surface area contributed by atoms with Gasteiger partial charge < -0.3 is 57.2 Å². The number of aliphatic hydroxyl groups excluding tert-OH is 6. The minimum atomic E-state index is -1.11. The minimum Gasteiger partial charge on any atom is -0.394 e. The van der Waals surface area contributed by atoms with Crippen molar-refractivity contribution in [1.29, 1.82) is 0 Å². The number of hydrogen-bond donors (Lipinski definition) is 11. The molecule has 16 heteroatoms. The predicted octanol–water partition coefficient (Wildman–Crippen LogP) is -4.37. The molecule has 1 aliphatic heterocycles. The number of hydrogen-bond acceptors (Lipinski definition) is 13. The molecular formula is C29H51N7O9. The SMILES string of the molecule is O=C(CCN1CCNCCNCc2cccc(n2)C1(CCC(=O)NC[C@@H](O)CO)CCC(=O)NC[C@@H](O)CO)NC[C@@H](O)CO. The first kappa shape index (κ1) is 38.4. The van der Waals surface area contributed by atoms with Crippen LogP contribution in [0.1, 0.15) is 43.5 Å². The fourth-order valence-corrected chi connectivity index (χ4v) is 5.00. The van der Waals surface area contributed by atoms with Gasteiger partial charge in [0.15, 0.2) is 0 Å². The minimum absolute atomic E-state index is 0.0188. The van der Waals surface area contributed by atoms with Gasteiger partial charge in [0.2, 0.25) is 17.7 Å². The molecule has 1 aromatic heterocycles. The summed E-state index contributed by atoms with van der Waals surface area (Å²) >= 11 is 0. The second-order valence-corrected chi connectivity index (χ2v) is 11.1. The van der Waals surface area contributed by atoms with Gasteiger partial charge in [-0.2, -0.15) is 0 Å². The predicted molar refractivity (Wildman–Crippen MR) is 163 cm³/mol.